The molecule has 134 valence electrons. The summed E-state index contributed by atoms with van der Waals surface area (Å²) in [6.07, 6.45) is 6.13. The lowest BCUT2D eigenvalue weighted by Crippen LogP contribution is -2.31. The Morgan fingerprint density at radius 3 is 2.65 bits per heavy atom. The molecule has 2 heterocycles. The monoisotopic (exact) mass is 383 g/mol. The number of rotatable bonds is 3. The number of aryl methyl sites for hydroxylation is 1. The van der Waals surface area contributed by atoms with Crippen molar-refractivity contribution >= 4 is 29.1 Å². The van der Waals surface area contributed by atoms with Crippen LogP contribution in [0.15, 0.2) is 48.6 Å². The first-order valence-corrected chi connectivity index (χ1v) is 10.8. The van der Waals surface area contributed by atoms with Crippen LogP contribution < -0.4 is 10.1 Å². The fourth-order valence-corrected chi connectivity index (χ4v) is 5.22. The van der Waals surface area contributed by atoms with Crippen molar-refractivity contribution in [3.63, 3.8) is 0 Å². The SMILES string of the molecule is Cc1ccc(Cl)c2c1N[C@H](c1ccc(OC3CSC3)cc1)[C@@H]1CC=C[C@@H]21. The van der Waals surface area contributed by atoms with Crippen LogP contribution >= 0.6 is 23.4 Å². The largest absolute Gasteiger partial charge is 0.489 e. The zero-order chi connectivity index (χ0) is 17.7. The summed E-state index contributed by atoms with van der Waals surface area (Å²) in [7, 11) is 0. The van der Waals surface area contributed by atoms with Crippen LogP contribution in [-0.2, 0) is 0 Å². The molecule has 1 aliphatic carbocycles. The van der Waals surface area contributed by atoms with E-state index in [9.17, 15) is 0 Å². The Bertz CT molecular complexity index is 859. The van der Waals surface area contributed by atoms with Crippen molar-refractivity contribution in [3.8, 4) is 5.75 Å². The van der Waals surface area contributed by atoms with Crippen LogP contribution in [0.3, 0.4) is 0 Å². The molecule has 2 aromatic carbocycles. The van der Waals surface area contributed by atoms with E-state index in [0.717, 1.165) is 28.7 Å². The highest BCUT2D eigenvalue weighted by molar-refractivity contribution is 8.00. The van der Waals surface area contributed by atoms with Crippen molar-refractivity contribution in [2.75, 3.05) is 16.8 Å². The second-order valence-electron chi connectivity index (χ2n) is 7.47. The number of fused-ring (bicyclic) bond motifs is 3. The Morgan fingerprint density at radius 2 is 1.92 bits per heavy atom. The summed E-state index contributed by atoms with van der Waals surface area (Å²) < 4.78 is 6.00. The summed E-state index contributed by atoms with van der Waals surface area (Å²) in [5.74, 6) is 4.11. The van der Waals surface area contributed by atoms with E-state index in [-0.39, 0.29) is 0 Å². The summed E-state index contributed by atoms with van der Waals surface area (Å²) >= 11 is 8.51. The van der Waals surface area contributed by atoms with E-state index < -0.39 is 0 Å². The lowest BCUT2D eigenvalue weighted by molar-refractivity contribution is 0.240. The first kappa shape index (κ1) is 16.6. The van der Waals surface area contributed by atoms with Crippen LogP contribution in [0.1, 0.15) is 35.1 Å². The van der Waals surface area contributed by atoms with Gasteiger partial charge < -0.3 is 10.1 Å². The summed E-state index contributed by atoms with van der Waals surface area (Å²) in [4.78, 5) is 0. The van der Waals surface area contributed by atoms with Crippen molar-refractivity contribution < 1.29 is 4.74 Å². The molecule has 1 fully saturated rings. The fourth-order valence-electron chi connectivity index (χ4n) is 4.37. The van der Waals surface area contributed by atoms with Crippen LogP contribution in [0.4, 0.5) is 5.69 Å². The highest BCUT2D eigenvalue weighted by Gasteiger charge is 2.39. The molecule has 0 spiro atoms. The van der Waals surface area contributed by atoms with Crippen LogP contribution in [0.25, 0.3) is 0 Å². The Hall–Kier alpha value is -1.58. The highest BCUT2D eigenvalue weighted by atomic mass is 35.5. The van der Waals surface area contributed by atoms with Gasteiger partial charge in [0.2, 0.25) is 0 Å². The summed E-state index contributed by atoms with van der Waals surface area (Å²) in [6.45, 7) is 2.16. The van der Waals surface area contributed by atoms with Crippen molar-refractivity contribution in [2.45, 2.75) is 31.4 Å². The standard InChI is InChI=1S/C22H22ClNOS/c1-13-5-10-19(23)20-17-3-2-4-18(17)22(24-21(13)20)14-6-8-15(9-7-14)25-16-11-26-12-16/h2-3,5-10,16-18,22,24H,4,11-12H2,1H3/t17-,18-,22-/m1/s1. The van der Waals surface area contributed by atoms with E-state index in [1.54, 1.807) is 0 Å². The molecule has 0 bridgehead atoms. The molecule has 0 saturated carbocycles. The second-order valence-corrected chi connectivity index (χ2v) is 8.96. The van der Waals surface area contributed by atoms with Crippen LogP contribution in [-0.4, -0.2) is 17.6 Å². The van der Waals surface area contributed by atoms with Gasteiger partial charge in [0.25, 0.3) is 0 Å². The predicted molar refractivity (Wildman–Crippen MR) is 111 cm³/mol. The normalized spacial score (nSPS) is 26.6. The lowest BCUT2D eigenvalue weighted by Gasteiger charge is -2.39. The van der Waals surface area contributed by atoms with Gasteiger partial charge in [-0.25, -0.2) is 0 Å². The lowest BCUT2D eigenvalue weighted by atomic mass is 9.76. The molecule has 3 atom stereocenters. The molecule has 0 amide bonds. The van der Waals surface area contributed by atoms with Crippen LogP contribution in [0, 0.1) is 12.8 Å². The Labute approximate surface area is 164 Å². The topological polar surface area (TPSA) is 21.3 Å². The summed E-state index contributed by atoms with van der Waals surface area (Å²) in [5, 5.41) is 4.68. The van der Waals surface area contributed by atoms with E-state index in [2.05, 4.69) is 54.7 Å². The van der Waals surface area contributed by atoms with Gasteiger partial charge in [0.1, 0.15) is 11.9 Å². The number of anilines is 1. The van der Waals surface area contributed by atoms with Crippen LogP contribution in [0.2, 0.25) is 5.02 Å². The first-order chi connectivity index (χ1) is 12.7. The average Bonchev–Trinajstić information content (AvgIpc) is 3.10. The van der Waals surface area contributed by atoms with E-state index in [1.807, 2.05) is 17.8 Å². The maximum absolute atomic E-state index is 6.57. The molecule has 1 N–H and O–H groups in total. The number of ether oxygens (including phenoxy) is 1. The molecule has 0 aromatic heterocycles. The zero-order valence-corrected chi connectivity index (χ0v) is 16.3. The van der Waals surface area contributed by atoms with Gasteiger partial charge in [0.05, 0.1) is 6.04 Å². The molecule has 0 radical (unpaired) electrons. The second kappa shape index (κ2) is 6.54. The van der Waals surface area contributed by atoms with Gasteiger partial charge in [-0.2, -0.15) is 11.8 Å². The molecule has 4 heteroatoms. The number of hydrogen-bond donors (Lipinski definition) is 1. The zero-order valence-electron chi connectivity index (χ0n) is 14.7. The molecule has 0 unspecified atom stereocenters. The summed E-state index contributed by atoms with van der Waals surface area (Å²) in [5.41, 5.74) is 5.06. The Kier molecular flexibility index (Phi) is 4.17. The molecular weight excluding hydrogens is 362 g/mol. The van der Waals surface area contributed by atoms with Gasteiger partial charge in [-0.05, 0) is 48.6 Å². The average molecular weight is 384 g/mol. The van der Waals surface area contributed by atoms with Crippen molar-refractivity contribution in [1.82, 2.24) is 0 Å². The number of thioether (sulfide) groups is 1. The quantitative estimate of drug-likeness (QED) is 0.660. The fraction of sp³-hybridized carbons (Fsp3) is 0.364. The van der Waals surface area contributed by atoms with Crippen molar-refractivity contribution in [3.05, 3.63) is 70.3 Å². The van der Waals surface area contributed by atoms with Crippen LogP contribution in [0.5, 0.6) is 5.75 Å². The minimum Gasteiger partial charge on any atom is -0.489 e. The molecule has 2 nitrogen and oxygen atoms in total. The molecule has 5 rings (SSSR count). The number of nitrogens with one attached hydrogen (secondary N) is 1. The van der Waals surface area contributed by atoms with E-state index in [4.69, 9.17) is 16.3 Å². The number of allylic oxidation sites excluding steroid dienone is 2. The van der Waals surface area contributed by atoms with Gasteiger partial charge in [-0.1, -0.05) is 42.0 Å². The third-order valence-electron chi connectivity index (χ3n) is 5.82. The van der Waals surface area contributed by atoms with Crippen molar-refractivity contribution in [2.24, 2.45) is 5.92 Å². The molecule has 1 saturated heterocycles. The minimum atomic E-state index is 0.299. The highest BCUT2D eigenvalue weighted by Crippen LogP contribution is 2.52. The number of hydrogen-bond acceptors (Lipinski definition) is 3. The first-order valence-electron chi connectivity index (χ1n) is 9.27. The maximum Gasteiger partial charge on any atom is 0.119 e. The molecule has 2 aliphatic heterocycles. The molecule has 26 heavy (non-hydrogen) atoms. The third-order valence-corrected chi connectivity index (χ3v) is 7.37. The third kappa shape index (κ3) is 2.73. The number of benzene rings is 2. The van der Waals surface area contributed by atoms with Gasteiger partial charge in [0, 0.05) is 33.7 Å². The minimum absolute atomic E-state index is 0.299. The Morgan fingerprint density at radius 1 is 1.12 bits per heavy atom. The van der Waals surface area contributed by atoms with E-state index in [0.29, 0.717) is 24.0 Å². The Balaban J connectivity index is 1.46. The van der Waals surface area contributed by atoms with Gasteiger partial charge in [0.15, 0.2) is 0 Å². The van der Waals surface area contributed by atoms with Gasteiger partial charge in [-0.15, -0.1) is 0 Å². The smallest absolute Gasteiger partial charge is 0.119 e. The molecule has 3 aliphatic rings. The number of halogens is 1. The van der Waals surface area contributed by atoms with Gasteiger partial charge >= 0.3 is 0 Å². The molecular formula is C22H22ClNOS. The van der Waals surface area contributed by atoms with Crippen molar-refractivity contribution in [1.29, 1.82) is 0 Å². The van der Waals surface area contributed by atoms with E-state index in [1.165, 1.54) is 22.4 Å². The summed E-state index contributed by atoms with van der Waals surface area (Å²) in [6, 6.07) is 13.1. The van der Waals surface area contributed by atoms with Gasteiger partial charge in [-0.3, -0.25) is 0 Å². The maximum atomic E-state index is 6.57. The van der Waals surface area contributed by atoms with E-state index >= 15 is 0 Å². The molecule has 2 aromatic rings. The predicted octanol–water partition coefficient (Wildman–Crippen LogP) is 5.97.